The van der Waals surface area contributed by atoms with Crippen molar-refractivity contribution >= 4 is 5.91 Å². The molecular formula is C18H17N3O. The standard InChI is InChI=1S/C18H17N3O/c1-13-10-11-17(14-6-3-2-4-7-14)21(13)16-9-5-8-15(12-16)18(22)20-19/h2-12H,19H2,1H3,(H,20,22). The summed E-state index contributed by atoms with van der Waals surface area (Å²) in [5, 5.41) is 0. The molecule has 0 saturated carbocycles. The molecule has 0 saturated heterocycles. The Labute approximate surface area is 129 Å². The summed E-state index contributed by atoms with van der Waals surface area (Å²) in [6.07, 6.45) is 0. The molecule has 0 bridgehead atoms. The van der Waals surface area contributed by atoms with Gasteiger partial charge in [-0.25, -0.2) is 5.84 Å². The summed E-state index contributed by atoms with van der Waals surface area (Å²) in [5.41, 5.74) is 6.95. The Kier molecular flexibility index (Phi) is 3.76. The topological polar surface area (TPSA) is 60.0 Å². The molecule has 1 heterocycles. The molecule has 0 radical (unpaired) electrons. The van der Waals surface area contributed by atoms with Gasteiger partial charge in [-0.2, -0.15) is 0 Å². The summed E-state index contributed by atoms with van der Waals surface area (Å²) in [7, 11) is 0. The zero-order chi connectivity index (χ0) is 15.5. The summed E-state index contributed by atoms with van der Waals surface area (Å²) in [5.74, 6) is 4.92. The molecule has 0 aliphatic rings. The molecule has 1 aromatic heterocycles. The first-order valence-corrected chi connectivity index (χ1v) is 7.06. The third kappa shape index (κ3) is 2.52. The highest BCUT2D eigenvalue weighted by molar-refractivity contribution is 5.94. The molecule has 3 N–H and O–H groups in total. The molecule has 0 fully saturated rings. The number of nitrogens with zero attached hydrogens (tertiary/aromatic N) is 1. The fourth-order valence-electron chi connectivity index (χ4n) is 2.59. The predicted molar refractivity (Wildman–Crippen MR) is 87.6 cm³/mol. The molecule has 0 atom stereocenters. The monoisotopic (exact) mass is 291 g/mol. The third-order valence-electron chi connectivity index (χ3n) is 3.64. The van der Waals surface area contributed by atoms with Gasteiger partial charge in [0.1, 0.15) is 0 Å². The van der Waals surface area contributed by atoms with E-state index in [1.54, 1.807) is 6.07 Å². The minimum Gasteiger partial charge on any atom is -0.314 e. The van der Waals surface area contributed by atoms with E-state index in [0.717, 1.165) is 22.6 Å². The zero-order valence-electron chi connectivity index (χ0n) is 12.3. The van der Waals surface area contributed by atoms with Crippen molar-refractivity contribution in [3.63, 3.8) is 0 Å². The van der Waals surface area contributed by atoms with E-state index in [1.165, 1.54) is 0 Å². The zero-order valence-corrected chi connectivity index (χ0v) is 12.3. The maximum Gasteiger partial charge on any atom is 0.265 e. The number of hydrogen-bond donors (Lipinski definition) is 2. The number of hydrogen-bond acceptors (Lipinski definition) is 2. The largest absolute Gasteiger partial charge is 0.314 e. The van der Waals surface area contributed by atoms with E-state index in [2.05, 4.69) is 34.3 Å². The van der Waals surface area contributed by atoms with Crippen molar-refractivity contribution in [1.29, 1.82) is 0 Å². The molecule has 22 heavy (non-hydrogen) atoms. The van der Waals surface area contributed by atoms with Gasteiger partial charge in [0.25, 0.3) is 5.91 Å². The van der Waals surface area contributed by atoms with E-state index in [9.17, 15) is 4.79 Å². The van der Waals surface area contributed by atoms with Crippen molar-refractivity contribution in [3.05, 3.63) is 78.0 Å². The van der Waals surface area contributed by atoms with Gasteiger partial charge < -0.3 is 4.57 Å². The molecule has 3 rings (SSSR count). The lowest BCUT2D eigenvalue weighted by Gasteiger charge is -2.13. The lowest BCUT2D eigenvalue weighted by molar-refractivity contribution is 0.0953. The van der Waals surface area contributed by atoms with Gasteiger partial charge in [0, 0.05) is 16.9 Å². The second-order valence-electron chi connectivity index (χ2n) is 5.09. The van der Waals surface area contributed by atoms with Gasteiger partial charge in [-0.05, 0) is 42.8 Å². The molecule has 0 aliphatic carbocycles. The van der Waals surface area contributed by atoms with Crippen LogP contribution < -0.4 is 11.3 Å². The normalized spacial score (nSPS) is 10.5. The number of amides is 1. The van der Waals surface area contributed by atoms with Crippen LogP contribution in [-0.4, -0.2) is 10.5 Å². The molecule has 0 aliphatic heterocycles. The number of hydrazine groups is 1. The van der Waals surface area contributed by atoms with E-state index in [4.69, 9.17) is 5.84 Å². The highest BCUT2D eigenvalue weighted by Gasteiger charge is 2.11. The third-order valence-corrected chi connectivity index (χ3v) is 3.64. The van der Waals surface area contributed by atoms with Crippen molar-refractivity contribution in [3.8, 4) is 16.9 Å². The van der Waals surface area contributed by atoms with Crippen molar-refractivity contribution in [2.45, 2.75) is 6.92 Å². The van der Waals surface area contributed by atoms with Crippen LogP contribution in [0.2, 0.25) is 0 Å². The number of nitrogens with one attached hydrogen (secondary N) is 1. The Bertz CT molecular complexity index is 806. The number of aryl methyl sites for hydroxylation is 1. The Morgan fingerprint density at radius 2 is 1.77 bits per heavy atom. The Hall–Kier alpha value is -2.85. The molecular weight excluding hydrogens is 274 g/mol. The van der Waals surface area contributed by atoms with Crippen LogP contribution in [0.25, 0.3) is 16.9 Å². The molecule has 110 valence electrons. The number of rotatable bonds is 3. The number of nitrogens with two attached hydrogens (primary N) is 1. The first kappa shape index (κ1) is 14.1. The fraction of sp³-hybridized carbons (Fsp3) is 0.0556. The van der Waals surface area contributed by atoms with Gasteiger partial charge in [0.05, 0.1) is 5.69 Å². The lowest BCUT2D eigenvalue weighted by Crippen LogP contribution is -2.30. The van der Waals surface area contributed by atoms with Crippen LogP contribution in [0, 0.1) is 6.92 Å². The average Bonchev–Trinajstić information content (AvgIpc) is 2.96. The molecule has 4 heteroatoms. The first-order chi connectivity index (χ1) is 10.7. The van der Waals surface area contributed by atoms with Crippen LogP contribution in [0.3, 0.4) is 0 Å². The van der Waals surface area contributed by atoms with Crippen LogP contribution in [0.4, 0.5) is 0 Å². The Balaban J connectivity index is 2.13. The molecule has 0 unspecified atom stereocenters. The van der Waals surface area contributed by atoms with Gasteiger partial charge in [-0.1, -0.05) is 36.4 Å². The maximum absolute atomic E-state index is 11.7. The summed E-state index contributed by atoms with van der Waals surface area (Å²) in [4.78, 5) is 11.7. The van der Waals surface area contributed by atoms with Crippen molar-refractivity contribution in [2.75, 3.05) is 0 Å². The fourth-order valence-corrected chi connectivity index (χ4v) is 2.59. The highest BCUT2D eigenvalue weighted by Crippen LogP contribution is 2.26. The van der Waals surface area contributed by atoms with E-state index in [1.807, 2.05) is 43.3 Å². The molecule has 2 aromatic carbocycles. The Morgan fingerprint density at radius 3 is 2.50 bits per heavy atom. The summed E-state index contributed by atoms with van der Waals surface area (Å²) in [6, 6.07) is 21.7. The van der Waals surface area contributed by atoms with E-state index < -0.39 is 0 Å². The van der Waals surface area contributed by atoms with Crippen LogP contribution in [0.1, 0.15) is 16.1 Å². The Morgan fingerprint density at radius 1 is 1.00 bits per heavy atom. The predicted octanol–water partition coefficient (Wildman–Crippen LogP) is 3.06. The van der Waals surface area contributed by atoms with E-state index >= 15 is 0 Å². The molecule has 3 aromatic rings. The van der Waals surface area contributed by atoms with Crippen LogP contribution in [-0.2, 0) is 0 Å². The van der Waals surface area contributed by atoms with Crippen molar-refractivity contribution < 1.29 is 4.79 Å². The first-order valence-electron chi connectivity index (χ1n) is 7.06. The average molecular weight is 291 g/mol. The number of benzene rings is 2. The molecule has 0 spiro atoms. The van der Waals surface area contributed by atoms with Crippen LogP contribution in [0.15, 0.2) is 66.7 Å². The van der Waals surface area contributed by atoms with Gasteiger partial charge in [0.2, 0.25) is 0 Å². The van der Waals surface area contributed by atoms with Crippen LogP contribution in [0.5, 0.6) is 0 Å². The van der Waals surface area contributed by atoms with Gasteiger partial charge in [-0.15, -0.1) is 0 Å². The number of nitrogen functional groups attached to an aromatic ring is 1. The maximum atomic E-state index is 11.7. The lowest BCUT2D eigenvalue weighted by atomic mass is 10.1. The highest BCUT2D eigenvalue weighted by atomic mass is 16.2. The van der Waals surface area contributed by atoms with Crippen molar-refractivity contribution in [2.24, 2.45) is 5.84 Å². The van der Waals surface area contributed by atoms with E-state index in [0.29, 0.717) is 5.56 Å². The summed E-state index contributed by atoms with van der Waals surface area (Å²) in [6.45, 7) is 2.04. The van der Waals surface area contributed by atoms with Gasteiger partial charge >= 0.3 is 0 Å². The number of carbonyl (C=O) groups excluding carboxylic acids is 1. The number of aromatic nitrogens is 1. The minimum absolute atomic E-state index is 0.298. The summed E-state index contributed by atoms with van der Waals surface area (Å²) < 4.78 is 2.13. The molecule has 1 amide bonds. The second kappa shape index (κ2) is 5.87. The summed E-state index contributed by atoms with van der Waals surface area (Å²) >= 11 is 0. The smallest absolute Gasteiger partial charge is 0.265 e. The van der Waals surface area contributed by atoms with Gasteiger partial charge in [0.15, 0.2) is 0 Å². The second-order valence-corrected chi connectivity index (χ2v) is 5.09. The SMILES string of the molecule is Cc1ccc(-c2ccccc2)n1-c1cccc(C(=O)NN)c1. The van der Waals surface area contributed by atoms with Gasteiger partial charge in [-0.3, -0.25) is 10.2 Å². The van der Waals surface area contributed by atoms with E-state index in [-0.39, 0.29) is 5.91 Å². The molecule has 4 nitrogen and oxygen atoms in total. The quantitative estimate of drug-likeness (QED) is 0.442. The van der Waals surface area contributed by atoms with Crippen LogP contribution >= 0.6 is 0 Å². The minimum atomic E-state index is -0.298. The number of carbonyl (C=O) groups is 1. The van der Waals surface area contributed by atoms with Crippen molar-refractivity contribution in [1.82, 2.24) is 9.99 Å².